The lowest BCUT2D eigenvalue weighted by molar-refractivity contribution is 0.414. The fourth-order valence-corrected chi connectivity index (χ4v) is 2.95. The van der Waals surface area contributed by atoms with Gasteiger partial charge in [-0.15, -0.1) is 0 Å². The minimum Gasteiger partial charge on any atom is -0.497 e. The van der Waals surface area contributed by atoms with Gasteiger partial charge < -0.3 is 10.1 Å². The second kappa shape index (κ2) is 6.10. The average Bonchev–Trinajstić information content (AvgIpc) is 2.89. The van der Waals surface area contributed by atoms with Gasteiger partial charge in [-0.1, -0.05) is 23.5 Å². The summed E-state index contributed by atoms with van der Waals surface area (Å²) in [6, 6.07) is 12.7. The molecule has 0 saturated heterocycles. The van der Waals surface area contributed by atoms with Gasteiger partial charge in [-0.2, -0.15) is 0 Å². The Kier molecular flexibility index (Phi) is 4.01. The molecule has 0 aliphatic rings. The molecule has 0 aliphatic carbocycles. The van der Waals surface area contributed by atoms with E-state index in [4.69, 9.17) is 4.74 Å². The van der Waals surface area contributed by atoms with E-state index in [2.05, 4.69) is 10.3 Å². The Hall–Kier alpha value is -2.14. The van der Waals surface area contributed by atoms with E-state index in [9.17, 15) is 4.39 Å². The van der Waals surface area contributed by atoms with Crippen molar-refractivity contribution < 1.29 is 9.13 Å². The van der Waals surface area contributed by atoms with Crippen molar-refractivity contribution in [2.75, 3.05) is 19.0 Å². The Morgan fingerprint density at radius 2 is 2.00 bits per heavy atom. The molecule has 3 aromatic rings. The lowest BCUT2D eigenvalue weighted by atomic mass is 10.1. The highest BCUT2D eigenvalue weighted by molar-refractivity contribution is 7.22. The normalized spacial score (nSPS) is 10.8. The molecule has 0 atom stereocenters. The molecule has 0 aliphatic heterocycles. The number of thiazole rings is 1. The zero-order valence-electron chi connectivity index (χ0n) is 11.6. The lowest BCUT2D eigenvalue weighted by Crippen LogP contribution is -2.04. The molecule has 0 unspecified atom stereocenters. The van der Waals surface area contributed by atoms with Gasteiger partial charge in [0.1, 0.15) is 11.6 Å². The Balaban J connectivity index is 1.60. The largest absolute Gasteiger partial charge is 0.497 e. The standard InChI is InChI=1S/C16H15FN2OS/c1-20-13-5-2-11(3-6-13)8-9-18-16-19-14-10-12(17)4-7-15(14)21-16/h2-7,10H,8-9H2,1H3,(H,18,19). The molecule has 3 nitrogen and oxygen atoms in total. The molecule has 1 heterocycles. The molecule has 0 bridgehead atoms. The summed E-state index contributed by atoms with van der Waals surface area (Å²) in [7, 11) is 1.66. The number of fused-ring (bicyclic) bond motifs is 1. The number of anilines is 1. The van der Waals surface area contributed by atoms with Crippen molar-refractivity contribution in [1.82, 2.24) is 4.98 Å². The van der Waals surface area contributed by atoms with Gasteiger partial charge in [0, 0.05) is 12.6 Å². The number of hydrogen-bond acceptors (Lipinski definition) is 4. The predicted molar refractivity (Wildman–Crippen MR) is 84.8 cm³/mol. The van der Waals surface area contributed by atoms with Crippen molar-refractivity contribution in [3.8, 4) is 5.75 Å². The third kappa shape index (κ3) is 3.31. The highest BCUT2D eigenvalue weighted by atomic mass is 32.1. The van der Waals surface area contributed by atoms with Crippen LogP contribution in [0.4, 0.5) is 9.52 Å². The third-order valence-corrected chi connectivity index (χ3v) is 4.19. The van der Waals surface area contributed by atoms with Crippen molar-refractivity contribution >= 4 is 26.7 Å². The highest BCUT2D eigenvalue weighted by Gasteiger charge is 2.04. The number of nitrogens with zero attached hydrogens (tertiary/aromatic N) is 1. The SMILES string of the molecule is COc1ccc(CCNc2nc3cc(F)ccc3s2)cc1. The van der Waals surface area contributed by atoms with Gasteiger partial charge in [0.2, 0.25) is 0 Å². The van der Waals surface area contributed by atoms with Crippen molar-refractivity contribution in [2.24, 2.45) is 0 Å². The van der Waals surface area contributed by atoms with E-state index >= 15 is 0 Å². The number of nitrogens with one attached hydrogen (secondary N) is 1. The van der Waals surface area contributed by atoms with Crippen LogP contribution >= 0.6 is 11.3 Å². The van der Waals surface area contributed by atoms with Gasteiger partial charge in [0.05, 0.1) is 17.3 Å². The van der Waals surface area contributed by atoms with Crippen molar-refractivity contribution in [3.63, 3.8) is 0 Å². The maximum absolute atomic E-state index is 13.1. The second-order valence-electron chi connectivity index (χ2n) is 4.66. The molecule has 0 fully saturated rings. The zero-order valence-corrected chi connectivity index (χ0v) is 12.4. The van der Waals surface area contributed by atoms with Crippen molar-refractivity contribution in [1.29, 1.82) is 0 Å². The quantitative estimate of drug-likeness (QED) is 0.770. The summed E-state index contributed by atoms with van der Waals surface area (Å²) in [5.41, 5.74) is 1.93. The monoisotopic (exact) mass is 302 g/mol. The lowest BCUT2D eigenvalue weighted by Gasteiger charge is -2.04. The van der Waals surface area contributed by atoms with E-state index in [1.54, 1.807) is 13.2 Å². The fourth-order valence-electron chi connectivity index (χ4n) is 2.08. The van der Waals surface area contributed by atoms with Gasteiger partial charge in [-0.3, -0.25) is 0 Å². The minimum atomic E-state index is -0.252. The molecule has 0 amide bonds. The minimum absolute atomic E-state index is 0.252. The first-order chi connectivity index (χ1) is 10.2. The van der Waals surface area contributed by atoms with E-state index < -0.39 is 0 Å². The van der Waals surface area contributed by atoms with Crippen LogP contribution in [0.1, 0.15) is 5.56 Å². The first-order valence-electron chi connectivity index (χ1n) is 6.67. The van der Waals surface area contributed by atoms with E-state index in [1.165, 1.54) is 29.0 Å². The Morgan fingerprint density at radius 3 is 2.76 bits per heavy atom. The Labute approximate surface area is 126 Å². The van der Waals surface area contributed by atoms with E-state index in [0.717, 1.165) is 28.5 Å². The number of rotatable bonds is 5. The third-order valence-electron chi connectivity index (χ3n) is 3.20. The van der Waals surface area contributed by atoms with Crippen molar-refractivity contribution in [2.45, 2.75) is 6.42 Å². The van der Waals surface area contributed by atoms with E-state index in [1.807, 2.05) is 24.3 Å². The number of methoxy groups -OCH3 is 1. The molecule has 5 heteroatoms. The van der Waals surface area contributed by atoms with Crippen LogP contribution in [0.15, 0.2) is 42.5 Å². The highest BCUT2D eigenvalue weighted by Crippen LogP contribution is 2.26. The van der Waals surface area contributed by atoms with Crippen LogP contribution in [0.5, 0.6) is 5.75 Å². The molecule has 0 spiro atoms. The molecule has 1 aromatic heterocycles. The molecular formula is C16H15FN2OS. The predicted octanol–water partition coefficient (Wildman–Crippen LogP) is 4.10. The van der Waals surface area contributed by atoms with Gasteiger partial charge in [0.25, 0.3) is 0 Å². The van der Waals surface area contributed by atoms with E-state index in [-0.39, 0.29) is 5.82 Å². The molecule has 21 heavy (non-hydrogen) atoms. The maximum atomic E-state index is 13.1. The number of ether oxygens (including phenoxy) is 1. The number of aromatic nitrogens is 1. The summed E-state index contributed by atoms with van der Waals surface area (Å²) < 4.78 is 19.2. The first-order valence-corrected chi connectivity index (χ1v) is 7.49. The van der Waals surface area contributed by atoms with Crippen LogP contribution in [0.3, 0.4) is 0 Å². The number of halogens is 1. The number of benzene rings is 2. The molecule has 2 aromatic carbocycles. The summed E-state index contributed by atoms with van der Waals surface area (Å²) in [6.07, 6.45) is 0.897. The Morgan fingerprint density at radius 1 is 1.19 bits per heavy atom. The molecular weight excluding hydrogens is 287 g/mol. The average molecular weight is 302 g/mol. The van der Waals surface area contributed by atoms with Crippen LogP contribution < -0.4 is 10.1 Å². The summed E-state index contributed by atoms with van der Waals surface area (Å²) in [6.45, 7) is 0.786. The van der Waals surface area contributed by atoms with Crippen LogP contribution in [0.25, 0.3) is 10.2 Å². The topological polar surface area (TPSA) is 34.1 Å². The molecule has 0 radical (unpaired) electrons. The van der Waals surface area contributed by atoms with Crippen molar-refractivity contribution in [3.05, 3.63) is 53.8 Å². The summed E-state index contributed by atoms with van der Waals surface area (Å²) >= 11 is 1.54. The van der Waals surface area contributed by atoms with Gasteiger partial charge >= 0.3 is 0 Å². The van der Waals surface area contributed by atoms with Crippen LogP contribution in [-0.4, -0.2) is 18.6 Å². The molecule has 108 valence electrons. The molecule has 1 N–H and O–H groups in total. The van der Waals surface area contributed by atoms with Gasteiger partial charge in [-0.05, 0) is 36.2 Å². The smallest absolute Gasteiger partial charge is 0.183 e. The Bertz CT molecular complexity index is 740. The summed E-state index contributed by atoms with van der Waals surface area (Å²) in [4.78, 5) is 4.38. The van der Waals surface area contributed by atoms with Gasteiger partial charge in [-0.25, -0.2) is 9.37 Å². The maximum Gasteiger partial charge on any atom is 0.183 e. The second-order valence-corrected chi connectivity index (χ2v) is 5.69. The zero-order chi connectivity index (χ0) is 14.7. The van der Waals surface area contributed by atoms with Crippen LogP contribution in [0.2, 0.25) is 0 Å². The number of hydrogen-bond donors (Lipinski definition) is 1. The first kappa shape index (κ1) is 13.8. The van der Waals surface area contributed by atoms with Crippen LogP contribution in [-0.2, 0) is 6.42 Å². The molecule has 3 rings (SSSR count). The molecule has 0 saturated carbocycles. The summed E-state index contributed by atoms with van der Waals surface area (Å²) in [5.74, 6) is 0.609. The fraction of sp³-hybridized carbons (Fsp3) is 0.188. The summed E-state index contributed by atoms with van der Waals surface area (Å²) in [5, 5.41) is 4.11. The van der Waals surface area contributed by atoms with Gasteiger partial charge in [0.15, 0.2) is 5.13 Å². The van der Waals surface area contributed by atoms with Crippen LogP contribution in [0, 0.1) is 5.82 Å². The van der Waals surface area contributed by atoms with E-state index in [0.29, 0.717) is 5.52 Å².